The van der Waals surface area contributed by atoms with Gasteiger partial charge in [0, 0.05) is 18.2 Å². The first-order valence-corrected chi connectivity index (χ1v) is 8.17. The Balaban J connectivity index is 1.90. The number of aldehydes is 1. The molecular weight excluding hydrogens is 324 g/mol. The molecule has 0 spiro atoms. The lowest BCUT2D eigenvalue weighted by Gasteiger charge is -2.22. The summed E-state index contributed by atoms with van der Waals surface area (Å²) in [4.78, 5) is 34.7. The molecule has 134 valence electrons. The molecule has 0 amide bonds. The van der Waals surface area contributed by atoms with Crippen molar-refractivity contribution in [1.29, 1.82) is 0 Å². The molecule has 1 aliphatic heterocycles. The van der Waals surface area contributed by atoms with Crippen LogP contribution in [0.1, 0.15) is 31.9 Å². The highest BCUT2D eigenvalue weighted by Crippen LogP contribution is 2.33. The number of fused-ring (bicyclic) bond motifs is 1. The number of nitrogens with zero attached hydrogens (tertiary/aromatic N) is 2. The van der Waals surface area contributed by atoms with Crippen molar-refractivity contribution >= 4 is 29.1 Å². The van der Waals surface area contributed by atoms with E-state index in [0.717, 1.165) is 11.8 Å². The maximum Gasteiger partial charge on any atom is 0.323 e. The Morgan fingerprint density at radius 2 is 2.20 bits per heavy atom. The molecule has 0 saturated carbocycles. The van der Waals surface area contributed by atoms with Gasteiger partial charge in [0.05, 0.1) is 17.6 Å². The monoisotopic (exact) mass is 346 g/mol. The number of nitrogens with one attached hydrogen (secondary N) is 2. The summed E-state index contributed by atoms with van der Waals surface area (Å²) in [6.07, 6.45) is 3.77. The number of hydrogen-bond acceptors (Lipinski definition) is 8. The van der Waals surface area contributed by atoms with Gasteiger partial charge >= 0.3 is 5.97 Å². The maximum absolute atomic E-state index is 12.3. The number of aromatic nitrogens is 3. The highest BCUT2D eigenvalue weighted by molar-refractivity contribution is 5.87. The zero-order valence-electron chi connectivity index (χ0n) is 14.1. The molecule has 1 aliphatic rings. The molecule has 0 bridgehead atoms. The summed E-state index contributed by atoms with van der Waals surface area (Å²) in [6.45, 7) is 3.70. The second-order valence-electron chi connectivity index (χ2n) is 6.59. The third-order valence-corrected chi connectivity index (χ3v) is 4.53. The lowest BCUT2D eigenvalue weighted by Crippen LogP contribution is -2.40. The smallest absolute Gasteiger partial charge is 0.323 e. The van der Waals surface area contributed by atoms with E-state index in [2.05, 4.69) is 20.3 Å². The summed E-state index contributed by atoms with van der Waals surface area (Å²) >= 11 is 0. The van der Waals surface area contributed by atoms with E-state index in [0.29, 0.717) is 23.3 Å². The Kier molecular flexibility index (Phi) is 4.69. The maximum atomic E-state index is 12.3. The van der Waals surface area contributed by atoms with Crippen LogP contribution in [0.2, 0.25) is 0 Å². The van der Waals surface area contributed by atoms with Gasteiger partial charge in [0.15, 0.2) is 5.82 Å². The molecule has 4 atom stereocenters. The predicted octanol–water partition coefficient (Wildman–Crippen LogP) is 0.0371. The fourth-order valence-electron chi connectivity index (χ4n) is 3.01. The number of H-pyrrole nitrogens is 1. The Hall–Kier alpha value is -2.52. The van der Waals surface area contributed by atoms with Gasteiger partial charge in [0.2, 0.25) is 0 Å². The molecule has 2 aromatic heterocycles. The Bertz CT molecular complexity index is 789. The fourth-order valence-corrected chi connectivity index (χ4v) is 3.01. The van der Waals surface area contributed by atoms with Crippen LogP contribution >= 0.6 is 0 Å². The third kappa shape index (κ3) is 3.20. The number of esters is 1. The highest BCUT2D eigenvalue weighted by atomic mass is 16.5. The quantitative estimate of drug-likeness (QED) is 0.438. The molecule has 4 unspecified atom stereocenters. The van der Waals surface area contributed by atoms with E-state index in [1.165, 1.54) is 6.33 Å². The zero-order valence-corrected chi connectivity index (χ0v) is 14.1. The van der Waals surface area contributed by atoms with Crippen molar-refractivity contribution in [2.75, 3.05) is 5.73 Å². The SMILES string of the molecule is CC(C)C(N)C(=O)OC1CC(C=O)NC1c1c[nH]c2c(N)ncnc12. The van der Waals surface area contributed by atoms with E-state index in [4.69, 9.17) is 16.2 Å². The number of anilines is 1. The van der Waals surface area contributed by atoms with E-state index in [1.807, 2.05) is 13.8 Å². The van der Waals surface area contributed by atoms with E-state index in [-0.39, 0.29) is 12.0 Å². The number of hydrogen-bond donors (Lipinski definition) is 4. The molecule has 0 aliphatic carbocycles. The minimum absolute atomic E-state index is 0.0391. The molecule has 6 N–H and O–H groups in total. The van der Waals surface area contributed by atoms with E-state index in [1.54, 1.807) is 6.20 Å². The highest BCUT2D eigenvalue weighted by Gasteiger charge is 2.39. The van der Waals surface area contributed by atoms with Gasteiger partial charge in [-0.25, -0.2) is 9.97 Å². The molecule has 1 saturated heterocycles. The van der Waals surface area contributed by atoms with Crippen LogP contribution in [-0.4, -0.2) is 45.4 Å². The second kappa shape index (κ2) is 6.77. The average molecular weight is 346 g/mol. The summed E-state index contributed by atoms with van der Waals surface area (Å²) < 4.78 is 5.61. The molecule has 3 rings (SSSR count). The number of aromatic amines is 1. The molecule has 25 heavy (non-hydrogen) atoms. The van der Waals surface area contributed by atoms with Crippen molar-refractivity contribution in [3.05, 3.63) is 18.1 Å². The summed E-state index contributed by atoms with van der Waals surface area (Å²) in [5.41, 5.74) is 13.7. The number of nitrogen functional groups attached to an aromatic ring is 1. The first kappa shape index (κ1) is 17.3. The largest absolute Gasteiger partial charge is 0.459 e. The molecule has 2 aromatic rings. The van der Waals surface area contributed by atoms with Gasteiger partial charge in [0.1, 0.15) is 30.3 Å². The lowest BCUT2D eigenvalue weighted by atomic mass is 10.0. The van der Waals surface area contributed by atoms with Crippen molar-refractivity contribution in [1.82, 2.24) is 20.3 Å². The Morgan fingerprint density at radius 3 is 2.88 bits per heavy atom. The summed E-state index contributed by atoms with van der Waals surface area (Å²) in [5, 5.41) is 3.17. The van der Waals surface area contributed by atoms with E-state index < -0.39 is 24.2 Å². The number of rotatable bonds is 5. The van der Waals surface area contributed by atoms with Crippen LogP contribution in [-0.2, 0) is 14.3 Å². The minimum atomic E-state index is -0.711. The summed E-state index contributed by atoms with van der Waals surface area (Å²) in [6, 6.07) is -1.51. The molecule has 9 nitrogen and oxygen atoms in total. The first-order valence-electron chi connectivity index (χ1n) is 8.17. The minimum Gasteiger partial charge on any atom is -0.459 e. The van der Waals surface area contributed by atoms with Crippen molar-refractivity contribution in [3.8, 4) is 0 Å². The van der Waals surface area contributed by atoms with Gasteiger partial charge < -0.3 is 26.0 Å². The van der Waals surface area contributed by atoms with E-state index >= 15 is 0 Å². The van der Waals surface area contributed by atoms with Gasteiger partial charge in [-0.1, -0.05) is 13.8 Å². The van der Waals surface area contributed by atoms with Crippen LogP contribution in [0.5, 0.6) is 0 Å². The van der Waals surface area contributed by atoms with Gasteiger partial charge in [-0.3, -0.25) is 10.1 Å². The number of ether oxygens (including phenoxy) is 1. The average Bonchev–Trinajstić information content (AvgIpc) is 3.18. The van der Waals surface area contributed by atoms with Gasteiger partial charge in [0.25, 0.3) is 0 Å². The van der Waals surface area contributed by atoms with Crippen molar-refractivity contribution in [2.24, 2.45) is 11.7 Å². The fraction of sp³-hybridized carbons (Fsp3) is 0.500. The van der Waals surface area contributed by atoms with Gasteiger partial charge in [-0.15, -0.1) is 0 Å². The number of nitrogens with two attached hydrogens (primary N) is 2. The predicted molar refractivity (Wildman–Crippen MR) is 91.3 cm³/mol. The molecule has 0 radical (unpaired) electrons. The van der Waals surface area contributed by atoms with Crippen molar-refractivity contribution < 1.29 is 14.3 Å². The van der Waals surface area contributed by atoms with Crippen LogP contribution in [0.25, 0.3) is 11.0 Å². The second-order valence-corrected chi connectivity index (χ2v) is 6.59. The Labute approximate surface area is 144 Å². The molecule has 3 heterocycles. The van der Waals surface area contributed by atoms with Crippen LogP contribution in [0.3, 0.4) is 0 Å². The standard InChI is InChI=1S/C16H22N6O3/c1-7(2)11(17)16(24)25-10-3-8(5-23)22-12(10)9-4-19-14-13(9)20-6-21-15(14)18/h4-8,10-12,19,22H,3,17H2,1-2H3,(H2,18,20,21). The van der Waals surface area contributed by atoms with Gasteiger partial charge in [-0.2, -0.15) is 0 Å². The summed E-state index contributed by atoms with van der Waals surface area (Å²) in [5.74, 6) is -0.188. The molecule has 0 aromatic carbocycles. The van der Waals surface area contributed by atoms with Crippen molar-refractivity contribution in [3.63, 3.8) is 0 Å². The lowest BCUT2D eigenvalue weighted by molar-refractivity contribution is -0.152. The van der Waals surface area contributed by atoms with Crippen molar-refractivity contribution in [2.45, 2.75) is 44.5 Å². The zero-order chi connectivity index (χ0) is 18.1. The van der Waals surface area contributed by atoms with Gasteiger partial charge in [-0.05, 0) is 5.92 Å². The van der Waals surface area contributed by atoms with Crippen LogP contribution in [0.4, 0.5) is 5.82 Å². The van der Waals surface area contributed by atoms with Crippen LogP contribution in [0.15, 0.2) is 12.5 Å². The number of carbonyl (C=O) groups excluding carboxylic acids is 2. The molecular formula is C16H22N6O3. The molecule has 9 heteroatoms. The topological polar surface area (TPSA) is 149 Å². The Morgan fingerprint density at radius 1 is 1.44 bits per heavy atom. The third-order valence-electron chi connectivity index (χ3n) is 4.53. The molecule has 1 fully saturated rings. The number of carbonyl (C=O) groups is 2. The van der Waals surface area contributed by atoms with Crippen LogP contribution < -0.4 is 16.8 Å². The summed E-state index contributed by atoms with van der Waals surface area (Å²) in [7, 11) is 0. The van der Waals surface area contributed by atoms with Crippen LogP contribution in [0, 0.1) is 5.92 Å². The normalized spacial score (nSPS) is 24.6. The van der Waals surface area contributed by atoms with E-state index in [9.17, 15) is 9.59 Å². The first-order chi connectivity index (χ1) is 11.9.